The van der Waals surface area contributed by atoms with Crippen molar-refractivity contribution in [2.24, 2.45) is 0 Å². The second kappa shape index (κ2) is 6.88. The van der Waals surface area contributed by atoms with E-state index < -0.39 is 0 Å². The van der Waals surface area contributed by atoms with Gasteiger partial charge >= 0.3 is 5.97 Å². The highest BCUT2D eigenvalue weighted by Gasteiger charge is 2.07. The summed E-state index contributed by atoms with van der Waals surface area (Å²) in [6.07, 6.45) is 0.233. The molecule has 0 atom stereocenters. The van der Waals surface area contributed by atoms with Crippen LogP contribution in [0, 0.1) is 12.7 Å². The lowest BCUT2D eigenvalue weighted by molar-refractivity contribution is -0.139. The van der Waals surface area contributed by atoms with E-state index in [9.17, 15) is 9.18 Å². The van der Waals surface area contributed by atoms with Gasteiger partial charge in [0.15, 0.2) is 0 Å². The molecule has 0 unspecified atom stereocenters. The molecule has 2 aromatic rings. The zero-order valence-corrected chi connectivity index (χ0v) is 12.2. The largest absolute Gasteiger partial charge is 0.469 e. The molecule has 0 radical (unpaired) electrons. The summed E-state index contributed by atoms with van der Waals surface area (Å²) in [5, 5.41) is 3.18. The molecular weight excluding hydrogens is 269 g/mol. The first kappa shape index (κ1) is 15.0. The van der Waals surface area contributed by atoms with Crippen LogP contribution in [0.3, 0.4) is 0 Å². The van der Waals surface area contributed by atoms with E-state index in [0.29, 0.717) is 6.54 Å². The van der Waals surface area contributed by atoms with Crippen molar-refractivity contribution in [3.8, 4) is 0 Å². The predicted octanol–water partition coefficient (Wildman–Crippen LogP) is 3.46. The van der Waals surface area contributed by atoms with Gasteiger partial charge in [-0.05, 0) is 41.8 Å². The lowest BCUT2D eigenvalue weighted by atomic mass is 10.0. The Morgan fingerprint density at radius 2 is 1.90 bits per heavy atom. The molecule has 2 aromatic carbocycles. The minimum absolute atomic E-state index is 0.233. The number of esters is 1. The summed E-state index contributed by atoms with van der Waals surface area (Å²) in [6.45, 7) is 2.37. The van der Waals surface area contributed by atoms with E-state index in [1.165, 1.54) is 19.2 Å². The van der Waals surface area contributed by atoms with E-state index in [1.807, 2.05) is 37.3 Å². The van der Waals surface area contributed by atoms with Gasteiger partial charge in [-0.3, -0.25) is 4.79 Å². The first-order valence-corrected chi connectivity index (χ1v) is 6.73. The Balaban J connectivity index is 2.10. The van der Waals surface area contributed by atoms with Crippen molar-refractivity contribution in [1.82, 2.24) is 0 Å². The molecule has 0 saturated heterocycles. The highest BCUT2D eigenvalue weighted by Crippen LogP contribution is 2.16. The topological polar surface area (TPSA) is 38.3 Å². The molecule has 0 aliphatic heterocycles. The number of carbonyl (C=O) groups excluding carboxylic acids is 1. The smallest absolute Gasteiger partial charge is 0.309 e. The molecule has 0 saturated carbocycles. The third-order valence-electron chi connectivity index (χ3n) is 3.21. The minimum Gasteiger partial charge on any atom is -0.469 e. The maximum Gasteiger partial charge on any atom is 0.309 e. The molecule has 0 fully saturated rings. The second-order valence-corrected chi connectivity index (χ2v) is 4.89. The van der Waals surface area contributed by atoms with Gasteiger partial charge in [-0.2, -0.15) is 0 Å². The predicted molar refractivity (Wildman–Crippen MR) is 80.6 cm³/mol. The highest BCUT2D eigenvalue weighted by molar-refractivity contribution is 5.72. The molecule has 0 heterocycles. The van der Waals surface area contributed by atoms with Gasteiger partial charge in [-0.1, -0.05) is 24.3 Å². The average Bonchev–Trinajstić information content (AvgIpc) is 2.45. The van der Waals surface area contributed by atoms with Crippen LogP contribution in [0.4, 0.5) is 10.1 Å². The molecule has 2 rings (SSSR count). The SMILES string of the molecule is COC(=O)Cc1ccccc1CNc1cc(C)cc(F)c1. The number of rotatable bonds is 5. The molecule has 0 spiro atoms. The fraction of sp³-hybridized carbons (Fsp3) is 0.235. The van der Waals surface area contributed by atoms with Crippen LogP contribution >= 0.6 is 0 Å². The molecule has 4 heteroatoms. The Bertz CT molecular complexity index is 620. The Morgan fingerprint density at radius 3 is 2.57 bits per heavy atom. The van der Waals surface area contributed by atoms with E-state index >= 15 is 0 Å². The van der Waals surface area contributed by atoms with Crippen molar-refractivity contribution in [2.45, 2.75) is 19.9 Å². The van der Waals surface area contributed by atoms with Crippen molar-refractivity contribution >= 4 is 11.7 Å². The lowest BCUT2D eigenvalue weighted by Gasteiger charge is -2.11. The average molecular weight is 287 g/mol. The van der Waals surface area contributed by atoms with Gasteiger partial charge in [-0.15, -0.1) is 0 Å². The molecule has 1 N–H and O–H groups in total. The molecule has 0 aliphatic rings. The number of ether oxygens (including phenoxy) is 1. The van der Waals surface area contributed by atoms with E-state index in [-0.39, 0.29) is 18.2 Å². The van der Waals surface area contributed by atoms with Gasteiger partial charge < -0.3 is 10.1 Å². The molecular formula is C17H18FNO2. The van der Waals surface area contributed by atoms with Gasteiger partial charge in [0.1, 0.15) is 5.82 Å². The van der Waals surface area contributed by atoms with Crippen molar-refractivity contribution < 1.29 is 13.9 Å². The number of aryl methyl sites for hydroxylation is 1. The number of anilines is 1. The van der Waals surface area contributed by atoms with Crippen molar-refractivity contribution in [1.29, 1.82) is 0 Å². The number of hydrogen-bond donors (Lipinski definition) is 1. The van der Waals surface area contributed by atoms with Gasteiger partial charge in [-0.25, -0.2) is 4.39 Å². The lowest BCUT2D eigenvalue weighted by Crippen LogP contribution is -2.09. The fourth-order valence-electron chi connectivity index (χ4n) is 2.17. The van der Waals surface area contributed by atoms with Crippen LogP contribution in [0.15, 0.2) is 42.5 Å². The quantitative estimate of drug-likeness (QED) is 0.856. The van der Waals surface area contributed by atoms with Crippen LogP contribution in [0.5, 0.6) is 0 Å². The van der Waals surface area contributed by atoms with Crippen LogP contribution in [-0.2, 0) is 22.5 Å². The van der Waals surface area contributed by atoms with Gasteiger partial charge in [0.05, 0.1) is 13.5 Å². The van der Waals surface area contributed by atoms with E-state index in [4.69, 9.17) is 4.74 Å². The van der Waals surface area contributed by atoms with Crippen LogP contribution in [0.1, 0.15) is 16.7 Å². The highest BCUT2D eigenvalue weighted by atomic mass is 19.1. The molecule has 0 aromatic heterocycles. The van der Waals surface area contributed by atoms with E-state index in [1.54, 1.807) is 0 Å². The number of methoxy groups -OCH3 is 1. The summed E-state index contributed by atoms with van der Waals surface area (Å²) in [5.74, 6) is -0.538. The summed E-state index contributed by atoms with van der Waals surface area (Å²) in [5.41, 5.74) is 3.48. The monoisotopic (exact) mass is 287 g/mol. The van der Waals surface area contributed by atoms with Crippen LogP contribution in [0.2, 0.25) is 0 Å². The normalized spacial score (nSPS) is 10.2. The number of benzene rings is 2. The first-order chi connectivity index (χ1) is 10.1. The summed E-state index contributed by atoms with van der Waals surface area (Å²) in [4.78, 5) is 11.4. The molecule has 110 valence electrons. The van der Waals surface area contributed by atoms with Gasteiger partial charge in [0.25, 0.3) is 0 Å². The van der Waals surface area contributed by atoms with Crippen molar-refractivity contribution in [3.63, 3.8) is 0 Å². The van der Waals surface area contributed by atoms with Crippen molar-refractivity contribution in [2.75, 3.05) is 12.4 Å². The maximum atomic E-state index is 13.3. The fourth-order valence-corrected chi connectivity index (χ4v) is 2.17. The summed E-state index contributed by atoms with van der Waals surface area (Å²) < 4.78 is 18.0. The van der Waals surface area contributed by atoms with E-state index in [0.717, 1.165) is 22.4 Å². The molecule has 21 heavy (non-hydrogen) atoms. The Hall–Kier alpha value is -2.36. The minimum atomic E-state index is -0.274. The second-order valence-electron chi connectivity index (χ2n) is 4.89. The van der Waals surface area contributed by atoms with Crippen LogP contribution < -0.4 is 5.32 Å². The van der Waals surface area contributed by atoms with Crippen molar-refractivity contribution in [3.05, 3.63) is 65.0 Å². The van der Waals surface area contributed by atoms with E-state index in [2.05, 4.69) is 5.32 Å². The molecule has 0 aliphatic carbocycles. The Kier molecular flexibility index (Phi) is 4.93. The number of halogens is 1. The standard InChI is InChI=1S/C17H18FNO2/c1-12-7-15(18)10-16(8-12)19-11-14-6-4-3-5-13(14)9-17(20)21-2/h3-8,10,19H,9,11H2,1-2H3. The third-order valence-corrected chi connectivity index (χ3v) is 3.21. The maximum absolute atomic E-state index is 13.3. The number of carbonyl (C=O) groups is 1. The van der Waals surface area contributed by atoms with Crippen LogP contribution in [0.25, 0.3) is 0 Å². The molecule has 3 nitrogen and oxygen atoms in total. The first-order valence-electron chi connectivity index (χ1n) is 6.73. The zero-order chi connectivity index (χ0) is 15.2. The van der Waals surface area contributed by atoms with Gasteiger partial charge in [0.2, 0.25) is 0 Å². The Morgan fingerprint density at radius 1 is 1.19 bits per heavy atom. The summed E-state index contributed by atoms with van der Waals surface area (Å²) >= 11 is 0. The number of nitrogens with one attached hydrogen (secondary N) is 1. The molecule has 0 amide bonds. The van der Waals surface area contributed by atoms with Gasteiger partial charge in [0, 0.05) is 12.2 Å². The van der Waals surface area contributed by atoms with Crippen LogP contribution in [-0.4, -0.2) is 13.1 Å². The molecule has 0 bridgehead atoms. The summed E-state index contributed by atoms with van der Waals surface area (Å²) in [6, 6.07) is 12.4. The summed E-state index contributed by atoms with van der Waals surface area (Å²) in [7, 11) is 1.37. The zero-order valence-electron chi connectivity index (χ0n) is 12.2. The Labute approximate surface area is 123 Å². The third kappa shape index (κ3) is 4.31. The number of hydrogen-bond acceptors (Lipinski definition) is 3.